The van der Waals surface area contributed by atoms with Gasteiger partial charge in [0.25, 0.3) is 5.91 Å². The summed E-state index contributed by atoms with van der Waals surface area (Å²) < 4.78 is 11.2. The molecule has 0 unspecified atom stereocenters. The first-order valence-corrected chi connectivity index (χ1v) is 9.30. The molecule has 7 heteroatoms. The van der Waals surface area contributed by atoms with Crippen LogP contribution in [0, 0.1) is 0 Å². The lowest BCUT2D eigenvalue weighted by Gasteiger charge is -2.17. The number of carbonyl (C=O) groups excluding carboxylic acids is 2. The Morgan fingerprint density at radius 1 is 1.11 bits per heavy atom. The summed E-state index contributed by atoms with van der Waals surface area (Å²) in [6.07, 6.45) is 2.17. The molecule has 0 bridgehead atoms. The summed E-state index contributed by atoms with van der Waals surface area (Å²) in [6, 6.07) is 10.5. The molecule has 27 heavy (non-hydrogen) atoms. The van der Waals surface area contributed by atoms with E-state index in [0.717, 1.165) is 18.5 Å². The van der Waals surface area contributed by atoms with Crippen LogP contribution in [-0.4, -0.2) is 31.6 Å². The number of halogens is 1. The molecule has 0 radical (unpaired) electrons. The first-order chi connectivity index (χ1) is 13.1. The lowest BCUT2D eigenvalue weighted by molar-refractivity contribution is -0.117. The zero-order valence-electron chi connectivity index (χ0n) is 14.7. The quantitative estimate of drug-likeness (QED) is 0.869. The Kier molecular flexibility index (Phi) is 4.90. The summed E-state index contributed by atoms with van der Waals surface area (Å²) in [4.78, 5) is 26.4. The van der Waals surface area contributed by atoms with Gasteiger partial charge in [-0.15, -0.1) is 0 Å². The minimum Gasteiger partial charge on any atom is -0.489 e. The second-order valence-corrected chi connectivity index (χ2v) is 6.90. The zero-order chi connectivity index (χ0) is 18.8. The lowest BCUT2D eigenvalue weighted by atomic mass is 10.1. The summed E-state index contributed by atoms with van der Waals surface area (Å²) in [5.41, 5.74) is 1.78. The van der Waals surface area contributed by atoms with Crippen LogP contribution in [0.3, 0.4) is 0 Å². The van der Waals surface area contributed by atoms with Crippen molar-refractivity contribution in [1.82, 2.24) is 0 Å². The second kappa shape index (κ2) is 7.48. The Labute approximate surface area is 162 Å². The van der Waals surface area contributed by atoms with E-state index in [-0.39, 0.29) is 11.8 Å². The Balaban J connectivity index is 1.55. The molecule has 2 aromatic carbocycles. The second-order valence-electron chi connectivity index (χ2n) is 6.49. The number of nitrogens with one attached hydrogen (secondary N) is 1. The van der Waals surface area contributed by atoms with Gasteiger partial charge >= 0.3 is 0 Å². The van der Waals surface area contributed by atoms with E-state index in [9.17, 15) is 9.59 Å². The molecule has 0 saturated carbocycles. The molecule has 1 N–H and O–H groups in total. The molecule has 2 aliphatic heterocycles. The number of hydrogen-bond acceptors (Lipinski definition) is 4. The zero-order valence-corrected chi connectivity index (χ0v) is 15.4. The van der Waals surface area contributed by atoms with Crippen LogP contribution in [0.2, 0.25) is 5.02 Å². The Morgan fingerprint density at radius 2 is 1.96 bits per heavy atom. The van der Waals surface area contributed by atoms with Gasteiger partial charge in [-0.2, -0.15) is 0 Å². The standard InChI is InChI=1S/C20H19ClN2O4/c21-16-10-13(11-17-19(16)27-9-3-8-26-17)20(25)22-14-4-1-5-15(12-14)23-7-2-6-18(23)24/h1,4-5,10-12H,2-3,6-9H2,(H,22,25). The Hall–Kier alpha value is -2.73. The molecule has 140 valence electrons. The van der Waals surface area contributed by atoms with Gasteiger partial charge in [0.05, 0.1) is 18.2 Å². The van der Waals surface area contributed by atoms with Crippen LogP contribution in [0.1, 0.15) is 29.6 Å². The van der Waals surface area contributed by atoms with Gasteiger partial charge < -0.3 is 19.7 Å². The van der Waals surface area contributed by atoms with E-state index in [1.54, 1.807) is 29.2 Å². The van der Waals surface area contributed by atoms with Crippen LogP contribution < -0.4 is 19.7 Å². The summed E-state index contributed by atoms with van der Waals surface area (Å²) >= 11 is 6.27. The van der Waals surface area contributed by atoms with E-state index in [1.165, 1.54) is 0 Å². The Morgan fingerprint density at radius 3 is 2.78 bits per heavy atom. The molecule has 2 heterocycles. The largest absolute Gasteiger partial charge is 0.489 e. The number of hydrogen-bond donors (Lipinski definition) is 1. The van der Waals surface area contributed by atoms with E-state index >= 15 is 0 Å². The highest BCUT2D eigenvalue weighted by molar-refractivity contribution is 6.32. The van der Waals surface area contributed by atoms with Crippen LogP contribution in [0.5, 0.6) is 11.5 Å². The molecule has 0 spiro atoms. The van der Waals surface area contributed by atoms with Crippen molar-refractivity contribution in [2.45, 2.75) is 19.3 Å². The number of amides is 2. The Bertz CT molecular complexity index is 900. The molecule has 0 atom stereocenters. The predicted molar refractivity (Wildman–Crippen MR) is 103 cm³/mol. The maximum Gasteiger partial charge on any atom is 0.255 e. The van der Waals surface area contributed by atoms with Crippen molar-refractivity contribution in [3.8, 4) is 11.5 Å². The molecule has 4 rings (SSSR count). The number of carbonyl (C=O) groups is 2. The van der Waals surface area contributed by atoms with Crippen molar-refractivity contribution in [1.29, 1.82) is 0 Å². The number of rotatable bonds is 3. The number of ether oxygens (including phenoxy) is 2. The molecule has 2 aromatic rings. The SMILES string of the molecule is O=C(Nc1cccc(N2CCCC2=O)c1)c1cc(Cl)c2c(c1)OCCCO2. The van der Waals surface area contributed by atoms with Gasteiger partial charge in [-0.1, -0.05) is 17.7 Å². The third kappa shape index (κ3) is 3.71. The van der Waals surface area contributed by atoms with Crippen LogP contribution in [0.15, 0.2) is 36.4 Å². The monoisotopic (exact) mass is 386 g/mol. The normalized spacial score (nSPS) is 16.2. The van der Waals surface area contributed by atoms with Gasteiger partial charge in [0, 0.05) is 36.3 Å². The average molecular weight is 387 g/mol. The molecule has 2 amide bonds. The van der Waals surface area contributed by atoms with E-state index in [2.05, 4.69) is 5.32 Å². The first kappa shape index (κ1) is 17.7. The minimum atomic E-state index is -0.308. The number of benzene rings is 2. The molecule has 0 aliphatic carbocycles. The highest BCUT2D eigenvalue weighted by Crippen LogP contribution is 2.38. The van der Waals surface area contributed by atoms with Crippen molar-refractivity contribution < 1.29 is 19.1 Å². The topological polar surface area (TPSA) is 67.9 Å². The molecule has 6 nitrogen and oxygen atoms in total. The molecular formula is C20H19ClN2O4. The summed E-state index contributed by atoms with van der Waals surface area (Å²) in [7, 11) is 0. The van der Waals surface area contributed by atoms with Crippen LogP contribution in [0.25, 0.3) is 0 Å². The molecule has 2 aliphatic rings. The van der Waals surface area contributed by atoms with E-state index in [1.807, 2.05) is 12.1 Å². The van der Waals surface area contributed by atoms with Gasteiger partial charge in [-0.05, 0) is 36.8 Å². The van der Waals surface area contributed by atoms with Gasteiger partial charge in [0.2, 0.25) is 5.91 Å². The molecule has 1 saturated heterocycles. The van der Waals surface area contributed by atoms with E-state index in [0.29, 0.717) is 54.0 Å². The first-order valence-electron chi connectivity index (χ1n) is 8.93. The van der Waals surface area contributed by atoms with E-state index in [4.69, 9.17) is 21.1 Å². The van der Waals surface area contributed by atoms with Gasteiger partial charge in [0.15, 0.2) is 11.5 Å². The fraction of sp³-hybridized carbons (Fsp3) is 0.300. The molecule has 1 fully saturated rings. The smallest absolute Gasteiger partial charge is 0.255 e. The number of nitrogens with zero attached hydrogens (tertiary/aromatic N) is 1. The summed E-state index contributed by atoms with van der Waals surface area (Å²) in [5, 5.41) is 3.20. The van der Waals surface area contributed by atoms with Crippen LogP contribution >= 0.6 is 11.6 Å². The van der Waals surface area contributed by atoms with Crippen molar-refractivity contribution in [2.75, 3.05) is 30.0 Å². The minimum absolute atomic E-state index is 0.105. The summed E-state index contributed by atoms with van der Waals surface area (Å²) in [6.45, 7) is 1.74. The van der Waals surface area contributed by atoms with E-state index < -0.39 is 0 Å². The van der Waals surface area contributed by atoms with Gasteiger partial charge in [-0.3, -0.25) is 9.59 Å². The number of anilines is 2. The fourth-order valence-electron chi connectivity index (χ4n) is 3.24. The third-order valence-electron chi connectivity index (χ3n) is 4.55. The molecular weight excluding hydrogens is 368 g/mol. The van der Waals surface area contributed by atoms with Crippen LogP contribution in [-0.2, 0) is 4.79 Å². The van der Waals surface area contributed by atoms with Crippen molar-refractivity contribution >= 4 is 34.8 Å². The van der Waals surface area contributed by atoms with Crippen LogP contribution in [0.4, 0.5) is 11.4 Å². The predicted octanol–water partition coefficient (Wildman–Crippen LogP) is 3.88. The van der Waals surface area contributed by atoms with Crippen molar-refractivity contribution in [3.05, 3.63) is 47.0 Å². The highest BCUT2D eigenvalue weighted by Gasteiger charge is 2.22. The maximum absolute atomic E-state index is 12.7. The lowest BCUT2D eigenvalue weighted by Crippen LogP contribution is -2.23. The third-order valence-corrected chi connectivity index (χ3v) is 4.83. The maximum atomic E-state index is 12.7. The van der Waals surface area contributed by atoms with Gasteiger partial charge in [0.1, 0.15) is 0 Å². The highest BCUT2D eigenvalue weighted by atomic mass is 35.5. The average Bonchev–Trinajstić information content (AvgIpc) is 2.94. The molecule has 0 aromatic heterocycles. The fourth-order valence-corrected chi connectivity index (χ4v) is 3.50. The van der Waals surface area contributed by atoms with Crippen molar-refractivity contribution in [2.24, 2.45) is 0 Å². The number of fused-ring (bicyclic) bond motifs is 1. The van der Waals surface area contributed by atoms with Crippen molar-refractivity contribution in [3.63, 3.8) is 0 Å². The van der Waals surface area contributed by atoms with Gasteiger partial charge in [-0.25, -0.2) is 0 Å². The summed E-state index contributed by atoms with van der Waals surface area (Å²) in [5.74, 6) is 0.743.